The summed E-state index contributed by atoms with van der Waals surface area (Å²) in [5, 5.41) is 9.80. The van der Waals surface area contributed by atoms with Crippen molar-refractivity contribution in [1.29, 1.82) is 0 Å². The lowest BCUT2D eigenvalue weighted by molar-refractivity contribution is -0.396. The third kappa shape index (κ3) is 5.07. The molecule has 1 aliphatic heterocycles. The summed E-state index contributed by atoms with van der Waals surface area (Å²) >= 11 is 0. The molecule has 0 spiro atoms. The average Bonchev–Trinajstić information content (AvgIpc) is 2.58. The number of hydrogen-bond donors (Lipinski definition) is 1. The van der Waals surface area contributed by atoms with E-state index in [0.717, 1.165) is 0 Å². The van der Waals surface area contributed by atoms with E-state index in [1.807, 2.05) is 0 Å². The predicted molar refractivity (Wildman–Crippen MR) is 81.7 cm³/mol. The van der Waals surface area contributed by atoms with Crippen molar-refractivity contribution in [3.8, 4) is 0 Å². The third-order valence-electron chi connectivity index (χ3n) is 5.41. The molecule has 1 N–H and O–H groups in total. The molecular formula is C17H24F6O4. The molecule has 1 atom stereocenters. The zero-order chi connectivity index (χ0) is 20.3. The van der Waals surface area contributed by atoms with Gasteiger partial charge >= 0.3 is 18.3 Å². The molecule has 10 heteroatoms. The first-order chi connectivity index (χ1) is 12.5. The van der Waals surface area contributed by atoms with Crippen molar-refractivity contribution in [3.05, 3.63) is 0 Å². The van der Waals surface area contributed by atoms with Gasteiger partial charge in [0.05, 0.1) is 0 Å². The molecule has 0 aromatic heterocycles. The molecule has 2 rings (SSSR count). The molecule has 2 fully saturated rings. The van der Waals surface area contributed by atoms with Crippen molar-refractivity contribution in [2.24, 2.45) is 11.8 Å². The van der Waals surface area contributed by atoms with E-state index in [4.69, 9.17) is 9.47 Å². The summed E-state index contributed by atoms with van der Waals surface area (Å²) in [7, 11) is 0. The van der Waals surface area contributed by atoms with Crippen molar-refractivity contribution >= 4 is 5.97 Å². The molecule has 0 radical (unpaired) electrons. The summed E-state index contributed by atoms with van der Waals surface area (Å²) in [4.78, 5) is 12.2. The summed E-state index contributed by atoms with van der Waals surface area (Å²) in [5.41, 5.74) is -5.09. The minimum Gasteiger partial charge on any atom is -0.458 e. The van der Waals surface area contributed by atoms with Crippen LogP contribution in [0.1, 0.15) is 51.4 Å². The summed E-state index contributed by atoms with van der Waals surface area (Å²) in [6.45, 7) is 0.748. The van der Waals surface area contributed by atoms with E-state index in [-0.39, 0.29) is 25.2 Å². The molecule has 2 aliphatic rings. The monoisotopic (exact) mass is 406 g/mol. The zero-order valence-corrected chi connectivity index (χ0v) is 14.7. The molecule has 0 amide bonds. The Balaban J connectivity index is 2.25. The van der Waals surface area contributed by atoms with Crippen LogP contribution in [0.2, 0.25) is 0 Å². The van der Waals surface area contributed by atoms with Gasteiger partial charge in [-0.25, -0.2) is 0 Å². The number of aliphatic hydroxyl groups is 1. The lowest BCUT2D eigenvalue weighted by Gasteiger charge is -2.42. The van der Waals surface area contributed by atoms with Gasteiger partial charge in [-0.3, -0.25) is 4.79 Å². The van der Waals surface area contributed by atoms with Crippen molar-refractivity contribution in [3.63, 3.8) is 0 Å². The van der Waals surface area contributed by atoms with Crippen LogP contribution in [0.3, 0.4) is 0 Å². The summed E-state index contributed by atoms with van der Waals surface area (Å²) in [6, 6.07) is 0. The lowest BCUT2D eigenvalue weighted by Crippen LogP contribution is -2.67. The fourth-order valence-corrected chi connectivity index (χ4v) is 3.82. The van der Waals surface area contributed by atoms with Gasteiger partial charge in [0.1, 0.15) is 0 Å². The molecule has 1 saturated heterocycles. The fraction of sp³-hybridized carbons (Fsp3) is 0.941. The van der Waals surface area contributed by atoms with Gasteiger partial charge in [-0.05, 0) is 37.5 Å². The second kappa shape index (κ2) is 8.55. The Hall–Kier alpha value is -1.03. The highest BCUT2D eigenvalue weighted by Crippen LogP contribution is 2.50. The largest absolute Gasteiger partial charge is 0.458 e. The number of ether oxygens (including phenoxy) is 2. The maximum absolute atomic E-state index is 13.3. The molecule has 4 nitrogen and oxygen atoms in total. The second-order valence-electron chi connectivity index (χ2n) is 7.33. The standard InChI is InChI=1S/C17H24F6O4/c18-16(19,20)15(25,17(21,22)23)14(12-4-2-1-3-5-12)27-13(24)10-11-6-8-26-9-7-11/h11-12,14,25H,1-10H2. The first-order valence-corrected chi connectivity index (χ1v) is 9.10. The quantitative estimate of drug-likeness (QED) is 0.551. The van der Waals surface area contributed by atoms with Crippen molar-refractivity contribution in [2.45, 2.75) is 75.4 Å². The van der Waals surface area contributed by atoms with E-state index in [2.05, 4.69) is 0 Å². The van der Waals surface area contributed by atoms with Crippen LogP contribution in [0, 0.1) is 11.8 Å². The fourth-order valence-electron chi connectivity index (χ4n) is 3.82. The van der Waals surface area contributed by atoms with Crippen molar-refractivity contribution < 1.29 is 45.7 Å². The van der Waals surface area contributed by atoms with Crippen LogP contribution in [0.4, 0.5) is 26.3 Å². The van der Waals surface area contributed by atoms with Crippen LogP contribution < -0.4 is 0 Å². The molecule has 158 valence electrons. The van der Waals surface area contributed by atoms with E-state index in [9.17, 15) is 36.2 Å². The van der Waals surface area contributed by atoms with Gasteiger partial charge in [-0.1, -0.05) is 19.3 Å². The van der Waals surface area contributed by atoms with Gasteiger partial charge in [0, 0.05) is 19.6 Å². The molecule has 0 aromatic carbocycles. The van der Waals surface area contributed by atoms with E-state index in [0.29, 0.717) is 45.3 Å². The molecular weight excluding hydrogens is 382 g/mol. The lowest BCUT2D eigenvalue weighted by atomic mass is 9.77. The second-order valence-corrected chi connectivity index (χ2v) is 7.33. The highest BCUT2D eigenvalue weighted by Gasteiger charge is 2.76. The number of carbonyl (C=O) groups excluding carboxylic acids is 1. The first kappa shape index (κ1) is 22.3. The van der Waals surface area contributed by atoms with Crippen molar-refractivity contribution in [1.82, 2.24) is 0 Å². The van der Waals surface area contributed by atoms with E-state index in [1.165, 1.54) is 0 Å². The summed E-state index contributed by atoms with van der Waals surface area (Å²) in [5.74, 6) is -2.57. The number of halogens is 6. The van der Waals surface area contributed by atoms with Gasteiger partial charge in [0.2, 0.25) is 0 Å². The topological polar surface area (TPSA) is 55.8 Å². The normalized spacial score (nSPS) is 22.5. The highest BCUT2D eigenvalue weighted by atomic mass is 19.4. The number of hydrogen-bond acceptors (Lipinski definition) is 4. The molecule has 1 unspecified atom stereocenters. The van der Waals surface area contributed by atoms with Crippen molar-refractivity contribution in [2.75, 3.05) is 13.2 Å². The first-order valence-electron chi connectivity index (χ1n) is 9.10. The van der Waals surface area contributed by atoms with Crippen LogP contribution in [0.25, 0.3) is 0 Å². The Morgan fingerprint density at radius 1 is 0.963 bits per heavy atom. The molecule has 1 saturated carbocycles. The number of esters is 1. The summed E-state index contributed by atoms with van der Waals surface area (Å²) < 4.78 is 89.9. The smallest absolute Gasteiger partial charge is 0.430 e. The van der Waals surface area contributed by atoms with Gasteiger partial charge in [0.25, 0.3) is 5.60 Å². The molecule has 0 bridgehead atoms. The van der Waals surface area contributed by atoms with E-state index in [1.54, 1.807) is 0 Å². The number of rotatable bonds is 5. The van der Waals surface area contributed by atoms with Gasteiger partial charge in [0.15, 0.2) is 6.10 Å². The van der Waals surface area contributed by atoms with Crippen LogP contribution >= 0.6 is 0 Å². The van der Waals surface area contributed by atoms with Gasteiger partial charge < -0.3 is 14.6 Å². The van der Waals surface area contributed by atoms with Gasteiger partial charge in [-0.15, -0.1) is 0 Å². The maximum Gasteiger partial charge on any atom is 0.430 e. The Morgan fingerprint density at radius 3 is 1.96 bits per heavy atom. The van der Waals surface area contributed by atoms with Crippen LogP contribution in [0.5, 0.6) is 0 Å². The van der Waals surface area contributed by atoms with E-state index >= 15 is 0 Å². The van der Waals surface area contributed by atoms with Crippen LogP contribution in [-0.4, -0.2) is 48.3 Å². The molecule has 1 heterocycles. The van der Waals surface area contributed by atoms with Crippen LogP contribution in [-0.2, 0) is 14.3 Å². The Labute approximate surface area is 153 Å². The van der Waals surface area contributed by atoms with Crippen LogP contribution in [0.15, 0.2) is 0 Å². The molecule has 0 aromatic rings. The Bertz CT molecular complexity index is 479. The third-order valence-corrected chi connectivity index (χ3v) is 5.41. The van der Waals surface area contributed by atoms with Gasteiger partial charge in [-0.2, -0.15) is 26.3 Å². The predicted octanol–water partition coefficient (Wildman–Crippen LogP) is 4.15. The Kier molecular flexibility index (Phi) is 7.05. The Morgan fingerprint density at radius 2 is 1.48 bits per heavy atom. The SMILES string of the molecule is O=C(CC1CCOCC1)OC(C1CCCCC1)C(O)(C(F)(F)F)C(F)(F)F. The molecule has 1 aliphatic carbocycles. The summed E-state index contributed by atoms with van der Waals surface area (Å²) in [6.07, 6.45) is -12.5. The molecule has 27 heavy (non-hydrogen) atoms. The zero-order valence-electron chi connectivity index (χ0n) is 14.7. The van der Waals surface area contributed by atoms with E-state index < -0.39 is 35.9 Å². The maximum atomic E-state index is 13.3. The minimum atomic E-state index is -6.02. The minimum absolute atomic E-state index is 0.0314. The number of carbonyl (C=O) groups is 1. The average molecular weight is 406 g/mol. The highest BCUT2D eigenvalue weighted by molar-refractivity contribution is 5.70. The number of alkyl halides is 6.